The van der Waals surface area contributed by atoms with Crippen molar-refractivity contribution in [3.8, 4) is 0 Å². The van der Waals surface area contributed by atoms with Gasteiger partial charge in [-0.15, -0.1) is 0 Å². The highest BCUT2D eigenvalue weighted by Gasteiger charge is 2.12. The fourth-order valence-corrected chi connectivity index (χ4v) is 1.51. The van der Waals surface area contributed by atoms with Gasteiger partial charge in [0.25, 0.3) is 0 Å². The minimum absolute atomic E-state index is 0.113. The second-order valence-corrected chi connectivity index (χ2v) is 3.51. The summed E-state index contributed by atoms with van der Waals surface area (Å²) in [6.45, 7) is 3.20. The Hall–Kier alpha value is -1.10. The predicted molar refractivity (Wildman–Crippen MR) is 52.5 cm³/mol. The lowest BCUT2D eigenvalue weighted by molar-refractivity contribution is -0.121. The molecule has 0 radical (unpaired) electrons. The Morgan fingerprint density at radius 1 is 1.50 bits per heavy atom. The van der Waals surface area contributed by atoms with Gasteiger partial charge in [0.1, 0.15) is 0 Å². The van der Waals surface area contributed by atoms with E-state index in [1.165, 1.54) is 0 Å². The second kappa shape index (κ2) is 5.59. The van der Waals surface area contributed by atoms with Crippen LogP contribution in [0, 0.1) is 0 Å². The zero-order valence-electron chi connectivity index (χ0n) is 8.29. The minimum Gasteiger partial charge on any atom is -0.370 e. The Morgan fingerprint density at radius 3 is 3.00 bits per heavy atom. The summed E-state index contributed by atoms with van der Waals surface area (Å²) in [7, 11) is 0. The van der Waals surface area contributed by atoms with E-state index in [4.69, 9.17) is 5.73 Å². The Balaban J connectivity index is 2.17. The van der Waals surface area contributed by atoms with E-state index in [9.17, 15) is 9.59 Å². The van der Waals surface area contributed by atoms with Crippen molar-refractivity contribution in [3.05, 3.63) is 0 Å². The standard InChI is InChI=1S/C9H17N3O2/c10-8(13)2-1-5-12-6-3-9(14)11-4-7-12/h1-7H2,(H2,10,13)(H,11,14). The van der Waals surface area contributed by atoms with E-state index in [0.717, 1.165) is 26.1 Å². The summed E-state index contributed by atoms with van der Waals surface area (Å²) in [5.74, 6) is -0.142. The average Bonchev–Trinajstić information content (AvgIpc) is 2.30. The van der Waals surface area contributed by atoms with Crippen LogP contribution in [0.1, 0.15) is 19.3 Å². The van der Waals surface area contributed by atoms with E-state index in [1.54, 1.807) is 0 Å². The molecule has 14 heavy (non-hydrogen) atoms. The third kappa shape index (κ3) is 4.23. The molecule has 1 saturated heterocycles. The van der Waals surface area contributed by atoms with Crippen LogP contribution in [0.25, 0.3) is 0 Å². The summed E-state index contributed by atoms with van der Waals surface area (Å²) < 4.78 is 0. The first-order valence-electron chi connectivity index (χ1n) is 4.96. The molecule has 0 spiro atoms. The molecule has 1 rings (SSSR count). The summed E-state index contributed by atoms with van der Waals surface area (Å²) in [6, 6.07) is 0. The molecule has 1 fully saturated rings. The van der Waals surface area contributed by atoms with Crippen LogP contribution in [-0.2, 0) is 9.59 Å². The van der Waals surface area contributed by atoms with Crippen molar-refractivity contribution in [3.63, 3.8) is 0 Å². The number of rotatable bonds is 4. The quantitative estimate of drug-likeness (QED) is 0.614. The van der Waals surface area contributed by atoms with Crippen LogP contribution in [0.2, 0.25) is 0 Å². The molecule has 1 heterocycles. The summed E-state index contributed by atoms with van der Waals surface area (Å²) in [5, 5.41) is 2.80. The Morgan fingerprint density at radius 2 is 2.29 bits per heavy atom. The van der Waals surface area contributed by atoms with Crippen LogP contribution in [0.15, 0.2) is 0 Å². The van der Waals surface area contributed by atoms with Gasteiger partial charge in [-0.05, 0) is 13.0 Å². The molecule has 3 N–H and O–H groups in total. The van der Waals surface area contributed by atoms with E-state index < -0.39 is 0 Å². The van der Waals surface area contributed by atoms with Gasteiger partial charge in [0.2, 0.25) is 11.8 Å². The molecule has 0 bridgehead atoms. The van der Waals surface area contributed by atoms with Crippen molar-refractivity contribution in [1.29, 1.82) is 0 Å². The highest BCUT2D eigenvalue weighted by molar-refractivity contribution is 5.76. The molecule has 0 aliphatic carbocycles. The van der Waals surface area contributed by atoms with Gasteiger partial charge in [-0.1, -0.05) is 0 Å². The van der Waals surface area contributed by atoms with Crippen LogP contribution in [-0.4, -0.2) is 42.9 Å². The topological polar surface area (TPSA) is 75.4 Å². The van der Waals surface area contributed by atoms with Gasteiger partial charge in [0.15, 0.2) is 0 Å². The van der Waals surface area contributed by atoms with Crippen LogP contribution < -0.4 is 11.1 Å². The van der Waals surface area contributed by atoms with Gasteiger partial charge >= 0.3 is 0 Å². The summed E-state index contributed by atoms with van der Waals surface area (Å²) in [5.41, 5.74) is 5.04. The number of carbonyl (C=O) groups excluding carboxylic acids is 2. The molecule has 5 nitrogen and oxygen atoms in total. The van der Waals surface area contributed by atoms with Gasteiger partial charge < -0.3 is 16.0 Å². The zero-order valence-corrected chi connectivity index (χ0v) is 8.29. The normalized spacial score (nSPS) is 18.7. The summed E-state index contributed by atoms with van der Waals surface area (Å²) in [6.07, 6.45) is 1.76. The van der Waals surface area contributed by atoms with Crippen LogP contribution >= 0.6 is 0 Å². The van der Waals surface area contributed by atoms with Crippen molar-refractivity contribution in [2.45, 2.75) is 19.3 Å². The molecule has 0 unspecified atom stereocenters. The lowest BCUT2D eigenvalue weighted by atomic mass is 10.2. The molecule has 0 saturated carbocycles. The summed E-state index contributed by atoms with van der Waals surface area (Å²) >= 11 is 0. The number of primary amides is 1. The van der Waals surface area contributed by atoms with Crippen molar-refractivity contribution < 1.29 is 9.59 Å². The van der Waals surface area contributed by atoms with E-state index in [2.05, 4.69) is 10.2 Å². The number of amides is 2. The van der Waals surface area contributed by atoms with Crippen LogP contribution in [0.5, 0.6) is 0 Å². The van der Waals surface area contributed by atoms with E-state index in [0.29, 0.717) is 19.4 Å². The van der Waals surface area contributed by atoms with E-state index >= 15 is 0 Å². The number of hydrogen-bond donors (Lipinski definition) is 2. The third-order valence-corrected chi connectivity index (χ3v) is 2.30. The monoisotopic (exact) mass is 199 g/mol. The first kappa shape index (κ1) is 11.0. The average molecular weight is 199 g/mol. The largest absolute Gasteiger partial charge is 0.370 e. The molecule has 80 valence electrons. The fourth-order valence-electron chi connectivity index (χ4n) is 1.51. The van der Waals surface area contributed by atoms with Gasteiger partial charge in [0.05, 0.1) is 0 Å². The molecular formula is C9H17N3O2. The van der Waals surface area contributed by atoms with Crippen LogP contribution in [0.4, 0.5) is 0 Å². The van der Waals surface area contributed by atoms with Crippen molar-refractivity contribution in [1.82, 2.24) is 10.2 Å². The summed E-state index contributed by atoms with van der Waals surface area (Å²) in [4.78, 5) is 23.7. The smallest absolute Gasteiger partial charge is 0.221 e. The fraction of sp³-hybridized carbons (Fsp3) is 0.778. The molecule has 1 aliphatic rings. The van der Waals surface area contributed by atoms with Gasteiger partial charge in [-0.2, -0.15) is 0 Å². The Labute approximate surface area is 83.6 Å². The molecule has 0 atom stereocenters. The molecule has 0 aromatic rings. The molecule has 0 aromatic carbocycles. The highest BCUT2D eigenvalue weighted by atomic mass is 16.2. The Kier molecular flexibility index (Phi) is 4.39. The maximum absolute atomic E-state index is 11.0. The molecule has 0 aromatic heterocycles. The molecule has 5 heteroatoms. The zero-order chi connectivity index (χ0) is 10.4. The molecule has 2 amide bonds. The van der Waals surface area contributed by atoms with Crippen molar-refractivity contribution >= 4 is 11.8 Å². The van der Waals surface area contributed by atoms with Crippen molar-refractivity contribution in [2.75, 3.05) is 26.2 Å². The maximum atomic E-state index is 11.0. The number of nitrogens with zero attached hydrogens (tertiary/aromatic N) is 1. The number of nitrogens with one attached hydrogen (secondary N) is 1. The minimum atomic E-state index is -0.256. The molecular weight excluding hydrogens is 182 g/mol. The number of hydrogen-bond acceptors (Lipinski definition) is 3. The van der Waals surface area contributed by atoms with E-state index in [-0.39, 0.29) is 11.8 Å². The van der Waals surface area contributed by atoms with Crippen LogP contribution in [0.3, 0.4) is 0 Å². The van der Waals surface area contributed by atoms with E-state index in [1.807, 2.05) is 0 Å². The maximum Gasteiger partial charge on any atom is 0.221 e. The highest BCUT2D eigenvalue weighted by Crippen LogP contribution is 1.99. The van der Waals surface area contributed by atoms with Crippen molar-refractivity contribution in [2.24, 2.45) is 5.73 Å². The number of carbonyl (C=O) groups is 2. The lowest BCUT2D eigenvalue weighted by Gasteiger charge is -2.17. The lowest BCUT2D eigenvalue weighted by Crippen LogP contribution is -2.30. The first-order chi connectivity index (χ1) is 6.68. The second-order valence-electron chi connectivity index (χ2n) is 3.51. The molecule has 1 aliphatic heterocycles. The third-order valence-electron chi connectivity index (χ3n) is 2.30. The SMILES string of the molecule is NC(=O)CCCN1CCNC(=O)CC1. The number of nitrogens with two attached hydrogens (primary N) is 1. The predicted octanol–water partition coefficient (Wildman–Crippen LogP) is -0.926. The van der Waals surface area contributed by atoms with Gasteiger partial charge in [-0.25, -0.2) is 0 Å². The Bertz CT molecular complexity index is 218. The van der Waals surface area contributed by atoms with Gasteiger partial charge in [-0.3, -0.25) is 9.59 Å². The first-order valence-corrected chi connectivity index (χ1v) is 4.96. The van der Waals surface area contributed by atoms with Gasteiger partial charge in [0, 0.05) is 32.5 Å².